The smallest absolute Gasteiger partial charge is 0.0101 e. The zero-order chi connectivity index (χ0) is 12.9. The molecule has 0 aromatic carbocycles. The van der Waals surface area contributed by atoms with Crippen LogP contribution in [0, 0.1) is 0 Å². The maximum absolute atomic E-state index is 3.08. The number of hydrogen-bond acceptors (Lipinski definition) is 1. The first-order valence-electron chi connectivity index (χ1n) is 9.22. The highest BCUT2D eigenvalue weighted by atomic mass is 127. The number of halogens is 1. The van der Waals surface area contributed by atoms with Crippen molar-refractivity contribution in [3.05, 3.63) is 0 Å². The summed E-state index contributed by atoms with van der Waals surface area (Å²) >= 11 is 0. The summed E-state index contributed by atoms with van der Waals surface area (Å²) in [6, 6.07) is 2.87. The van der Waals surface area contributed by atoms with Gasteiger partial charge in [0.15, 0.2) is 0 Å². The van der Waals surface area contributed by atoms with E-state index in [0.29, 0.717) is 0 Å². The van der Waals surface area contributed by atoms with Crippen LogP contribution in [0.5, 0.6) is 0 Å². The molecule has 2 heteroatoms. The fourth-order valence-electron chi connectivity index (χ4n) is 5.03. The van der Waals surface area contributed by atoms with Crippen molar-refractivity contribution < 1.29 is 0 Å². The van der Waals surface area contributed by atoms with Gasteiger partial charge in [-0.05, 0) is 38.5 Å². The molecule has 3 rings (SSSR count). The summed E-state index contributed by atoms with van der Waals surface area (Å²) in [6.45, 7) is 0. The monoisotopic (exact) mass is 391 g/mol. The standard InChI is InChI=1S/C18H33N.HI/c1-4-10-16(11-5-1)19(17-12-6-2-7-13-17)18-14-8-3-9-15-18;/h16-18H,1-15H2;1H. The van der Waals surface area contributed by atoms with E-state index in [0.717, 1.165) is 18.1 Å². The quantitative estimate of drug-likeness (QED) is 0.541. The lowest BCUT2D eigenvalue weighted by Gasteiger charge is -2.47. The fraction of sp³-hybridized carbons (Fsp3) is 1.00. The van der Waals surface area contributed by atoms with Gasteiger partial charge in [0.05, 0.1) is 0 Å². The van der Waals surface area contributed by atoms with Crippen LogP contribution in [0.15, 0.2) is 0 Å². The maximum atomic E-state index is 3.08. The van der Waals surface area contributed by atoms with E-state index in [9.17, 15) is 0 Å². The first-order valence-corrected chi connectivity index (χ1v) is 9.22. The molecule has 20 heavy (non-hydrogen) atoms. The number of hydrogen-bond donors (Lipinski definition) is 0. The van der Waals surface area contributed by atoms with E-state index in [1.54, 1.807) is 0 Å². The second-order valence-corrected chi connectivity index (χ2v) is 7.32. The highest BCUT2D eigenvalue weighted by Gasteiger charge is 2.34. The predicted octanol–water partition coefficient (Wildman–Crippen LogP) is 5.90. The number of nitrogens with zero attached hydrogens (tertiary/aromatic N) is 1. The zero-order valence-corrected chi connectivity index (χ0v) is 15.5. The van der Waals surface area contributed by atoms with Gasteiger partial charge in [0.25, 0.3) is 0 Å². The van der Waals surface area contributed by atoms with Gasteiger partial charge in [0.1, 0.15) is 0 Å². The van der Waals surface area contributed by atoms with Crippen molar-refractivity contribution in [2.75, 3.05) is 0 Å². The van der Waals surface area contributed by atoms with Crippen LogP contribution in [0.4, 0.5) is 0 Å². The third-order valence-electron chi connectivity index (χ3n) is 5.99. The van der Waals surface area contributed by atoms with Gasteiger partial charge < -0.3 is 0 Å². The van der Waals surface area contributed by atoms with E-state index in [4.69, 9.17) is 0 Å². The first kappa shape index (κ1) is 17.1. The Morgan fingerprint density at radius 2 is 0.650 bits per heavy atom. The molecule has 0 unspecified atom stereocenters. The molecule has 0 aromatic rings. The Labute approximate surface area is 143 Å². The van der Waals surface area contributed by atoms with Gasteiger partial charge in [0, 0.05) is 18.1 Å². The van der Waals surface area contributed by atoms with Crippen molar-refractivity contribution in [2.24, 2.45) is 0 Å². The average molecular weight is 391 g/mol. The molecule has 0 spiro atoms. The minimum absolute atomic E-state index is 0. The van der Waals surface area contributed by atoms with Crippen molar-refractivity contribution in [1.29, 1.82) is 0 Å². The van der Waals surface area contributed by atoms with Crippen LogP contribution in [0.2, 0.25) is 0 Å². The predicted molar refractivity (Wildman–Crippen MR) is 97.9 cm³/mol. The molecule has 0 saturated heterocycles. The van der Waals surface area contributed by atoms with Gasteiger partial charge in [-0.2, -0.15) is 0 Å². The lowest BCUT2D eigenvalue weighted by molar-refractivity contribution is 0.0221. The van der Waals surface area contributed by atoms with Gasteiger partial charge in [-0.15, -0.1) is 24.0 Å². The molecule has 3 aliphatic rings. The lowest BCUT2D eigenvalue weighted by Crippen LogP contribution is -2.51. The Morgan fingerprint density at radius 3 is 0.900 bits per heavy atom. The van der Waals surface area contributed by atoms with Crippen LogP contribution in [-0.4, -0.2) is 23.0 Å². The molecule has 0 aliphatic heterocycles. The molecule has 3 saturated carbocycles. The molecule has 118 valence electrons. The van der Waals surface area contributed by atoms with Crippen LogP contribution in [0.25, 0.3) is 0 Å². The Kier molecular flexibility index (Phi) is 7.65. The van der Waals surface area contributed by atoms with Crippen molar-refractivity contribution in [2.45, 2.75) is 114 Å². The van der Waals surface area contributed by atoms with Gasteiger partial charge in [-0.3, -0.25) is 4.90 Å². The van der Waals surface area contributed by atoms with Crippen LogP contribution in [0.3, 0.4) is 0 Å². The molecular formula is C18H34IN. The number of rotatable bonds is 3. The van der Waals surface area contributed by atoms with Gasteiger partial charge in [0.2, 0.25) is 0 Å². The Bertz CT molecular complexity index is 207. The Hall–Kier alpha value is 0.690. The summed E-state index contributed by atoms with van der Waals surface area (Å²) in [4.78, 5) is 3.08. The zero-order valence-electron chi connectivity index (χ0n) is 13.2. The van der Waals surface area contributed by atoms with Gasteiger partial charge >= 0.3 is 0 Å². The molecule has 1 nitrogen and oxygen atoms in total. The summed E-state index contributed by atoms with van der Waals surface area (Å²) in [6.07, 6.45) is 22.5. The van der Waals surface area contributed by atoms with Gasteiger partial charge in [-0.1, -0.05) is 57.8 Å². The minimum Gasteiger partial charge on any atom is -0.294 e. The molecule has 0 N–H and O–H groups in total. The second kappa shape index (κ2) is 8.97. The molecule has 0 bridgehead atoms. The lowest BCUT2D eigenvalue weighted by atomic mass is 9.84. The van der Waals surface area contributed by atoms with Gasteiger partial charge in [-0.25, -0.2) is 0 Å². The third-order valence-corrected chi connectivity index (χ3v) is 5.99. The van der Waals surface area contributed by atoms with Crippen molar-refractivity contribution >= 4 is 24.0 Å². The second-order valence-electron chi connectivity index (χ2n) is 7.32. The average Bonchev–Trinajstić information content (AvgIpc) is 2.51. The van der Waals surface area contributed by atoms with Crippen LogP contribution in [-0.2, 0) is 0 Å². The summed E-state index contributed by atoms with van der Waals surface area (Å²) in [7, 11) is 0. The van der Waals surface area contributed by atoms with E-state index in [-0.39, 0.29) is 24.0 Å². The topological polar surface area (TPSA) is 3.24 Å². The normalized spacial score (nSPS) is 27.4. The molecule has 3 aliphatic carbocycles. The SMILES string of the molecule is C1CCC(N(C2CCCCC2)C2CCCCC2)CC1.I. The van der Waals surface area contributed by atoms with Crippen LogP contribution < -0.4 is 0 Å². The molecule has 0 radical (unpaired) electrons. The van der Waals surface area contributed by atoms with Crippen molar-refractivity contribution in [1.82, 2.24) is 4.90 Å². The Balaban J connectivity index is 0.00000147. The summed E-state index contributed by atoms with van der Waals surface area (Å²) in [5.41, 5.74) is 0. The first-order chi connectivity index (χ1) is 9.45. The highest BCUT2D eigenvalue weighted by Crippen LogP contribution is 2.35. The van der Waals surface area contributed by atoms with Crippen molar-refractivity contribution in [3.63, 3.8) is 0 Å². The van der Waals surface area contributed by atoms with E-state index in [1.165, 1.54) is 96.3 Å². The maximum Gasteiger partial charge on any atom is 0.0101 e. The molecule has 0 heterocycles. The minimum atomic E-state index is 0. The van der Waals surface area contributed by atoms with Crippen LogP contribution >= 0.6 is 24.0 Å². The van der Waals surface area contributed by atoms with E-state index in [1.807, 2.05) is 0 Å². The third kappa shape index (κ3) is 4.34. The fourth-order valence-corrected chi connectivity index (χ4v) is 5.03. The highest BCUT2D eigenvalue weighted by molar-refractivity contribution is 14.0. The summed E-state index contributed by atoms with van der Waals surface area (Å²) in [5.74, 6) is 0. The molecule has 3 fully saturated rings. The van der Waals surface area contributed by atoms with E-state index >= 15 is 0 Å². The van der Waals surface area contributed by atoms with E-state index in [2.05, 4.69) is 4.90 Å². The molecule has 0 atom stereocenters. The summed E-state index contributed by atoms with van der Waals surface area (Å²) in [5, 5.41) is 0. The largest absolute Gasteiger partial charge is 0.294 e. The molecule has 0 amide bonds. The molecule has 0 aromatic heterocycles. The Morgan fingerprint density at radius 1 is 0.400 bits per heavy atom. The van der Waals surface area contributed by atoms with Crippen molar-refractivity contribution in [3.8, 4) is 0 Å². The molecular weight excluding hydrogens is 357 g/mol. The van der Waals surface area contributed by atoms with E-state index < -0.39 is 0 Å². The van der Waals surface area contributed by atoms with Crippen LogP contribution in [0.1, 0.15) is 96.3 Å². The summed E-state index contributed by atoms with van der Waals surface area (Å²) < 4.78 is 0.